The molecule has 2 heterocycles. The molecule has 3 unspecified atom stereocenters. The van der Waals surface area contributed by atoms with Gasteiger partial charge >= 0.3 is 6.09 Å². The number of β-amino-alcohol motifs (C(OH)–C–C–N with tert-alkyl or cyclic N) is 1. The Labute approximate surface area is 369 Å². The molecule has 6 N–H and O–H groups in total. The Kier molecular flexibility index (Phi) is 18.4. The van der Waals surface area contributed by atoms with E-state index in [1.165, 1.54) is 4.90 Å². The minimum atomic E-state index is -0.948. The molecule has 0 spiro atoms. The van der Waals surface area contributed by atoms with Crippen molar-refractivity contribution >= 4 is 41.1 Å². The van der Waals surface area contributed by atoms with E-state index in [-0.39, 0.29) is 38.4 Å². The normalized spacial score (nSPS) is 16.9. The first-order valence-electron chi connectivity index (χ1n) is 21.3. The van der Waals surface area contributed by atoms with Gasteiger partial charge in [-0.2, -0.15) is 0 Å². The third kappa shape index (κ3) is 16.1. The number of aromatic nitrogens is 1. The SMILES string of the molecule is Cc1ncsc1-c1ccc(CNC(=O)[C@@H]2C[C@H](O)CN2C(=O)C(NC(=O)COCCCCc2ccc(COC(C)C(CCC(N)=O)NC(=O)OC(C)(C)C)cc2)C(C)(C)C)cc1. The van der Waals surface area contributed by atoms with Crippen LogP contribution in [-0.2, 0) is 53.0 Å². The number of carbonyl (C=O) groups is 5. The molecule has 62 heavy (non-hydrogen) atoms. The van der Waals surface area contributed by atoms with Crippen LogP contribution in [-0.4, -0.2) is 100 Å². The molecule has 1 fully saturated rings. The van der Waals surface area contributed by atoms with Gasteiger partial charge in [-0.3, -0.25) is 19.2 Å². The molecule has 2 aromatic carbocycles. The number of unbranched alkanes of at least 4 members (excludes halogenated alkanes) is 1. The van der Waals surface area contributed by atoms with Crippen molar-refractivity contribution in [3.8, 4) is 10.4 Å². The topological polar surface area (TPSA) is 212 Å². The second-order valence-electron chi connectivity index (χ2n) is 18.0. The summed E-state index contributed by atoms with van der Waals surface area (Å²) in [6, 6.07) is 13.6. The number of aliphatic hydroxyl groups is 1. The molecule has 3 aromatic rings. The first-order valence-corrected chi connectivity index (χ1v) is 22.2. The molecule has 1 aliphatic rings. The van der Waals surface area contributed by atoms with Gasteiger partial charge in [-0.15, -0.1) is 11.3 Å². The number of ether oxygens (including phenoxy) is 3. The molecule has 5 atom stereocenters. The number of aliphatic hydroxyl groups excluding tert-OH is 1. The van der Waals surface area contributed by atoms with Gasteiger partial charge < -0.3 is 45.9 Å². The number of rotatable bonds is 21. The van der Waals surface area contributed by atoms with E-state index in [1.54, 1.807) is 32.1 Å². The molecule has 4 rings (SSSR count). The molecule has 1 aliphatic heterocycles. The van der Waals surface area contributed by atoms with Gasteiger partial charge in [-0.05, 0) is 88.0 Å². The zero-order valence-corrected chi connectivity index (χ0v) is 38.3. The van der Waals surface area contributed by atoms with Crippen LogP contribution in [0.5, 0.6) is 0 Å². The van der Waals surface area contributed by atoms with Crippen LogP contribution in [0, 0.1) is 12.3 Å². The average Bonchev–Trinajstić information content (AvgIpc) is 3.82. The summed E-state index contributed by atoms with van der Waals surface area (Å²) in [6.45, 7) is 15.3. The van der Waals surface area contributed by atoms with Crippen molar-refractivity contribution in [2.45, 2.75) is 143 Å². The van der Waals surface area contributed by atoms with Gasteiger partial charge in [0.25, 0.3) is 0 Å². The first kappa shape index (κ1) is 49.8. The van der Waals surface area contributed by atoms with Gasteiger partial charge in [0.05, 0.1) is 40.9 Å². The number of likely N-dealkylation sites (tertiary alicyclic amines) is 1. The van der Waals surface area contributed by atoms with Crippen LogP contribution >= 0.6 is 11.3 Å². The highest BCUT2D eigenvalue weighted by molar-refractivity contribution is 7.13. The van der Waals surface area contributed by atoms with Crippen LogP contribution in [0.25, 0.3) is 10.4 Å². The summed E-state index contributed by atoms with van der Waals surface area (Å²) in [5, 5.41) is 19.1. The summed E-state index contributed by atoms with van der Waals surface area (Å²) in [5.41, 5.74) is 10.8. The lowest BCUT2D eigenvalue weighted by molar-refractivity contribution is -0.144. The van der Waals surface area contributed by atoms with E-state index < -0.39 is 65.2 Å². The van der Waals surface area contributed by atoms with Crippen molar-refractivity contribution < 1.29 is 43.3 Å². The van der Waals surface area contributed by atoms with E-state index in [0.717, 1.165) is 45.7 Å². The second kappa shape index (κ2) is 23.0. The molecule has 0 bridgehead atoms. The van der Waals surface area contributed by atoms with Crippen LogP contribution < -0.4 is 21.7 Å². The van der Waals surface area contributed by atoms with Gasteiger partial charge in [0.2, 0.25) is 23.6 Å². The first-order chi connectivity index (χ1) is 29.2. The predicted octanol–water partition coefficient (Wildman–Crippen LogP) is 5.33. The van der Waals surface area contributed by atoms with E-state index in [9.17, 15) is 29.1 Å². The molecule has 15 nitrogen and oxygen atoms in total. The number of hydrogen-bond donors (Lipinski definition) is 5. The highest BCUT2D eigenvalue weighted by atomic mass is 32.1. The summed E-state index contributed by atoms with van der Waals surface area (Å²) in [4.78, 5) is 71.0. The molecular formula is C46H66N6O9S. The fourth-order valence-corrected chi connectivity index (χ4v) is 7.82. The summed E-state index contributed by atoms with van der Waals surface area (Å²) < 4.78 is 17.1. The van der Waals surface area contributed by atoms with Crippen LogP contribution in [0.15, 0.2) is 54.0 Å². The lowest BCUT2D eigenvalue weighted by Gasteiger charge is -2.35. The molecule has 0 saturated carbocycles. The van der Waals surface area contributed by atoms with Gasteiger partial charge in [-0.25, -0.2) is 9.78 Å². The van der Waals surface area contributed by atoms with Crippen molar-refractivity contribution in [1.82, 2.24) is 25.8 Å². The number of benzene rings is 2. The Morgan fingerprint density at radius 3 is 2.23 bits per heavy atom. The van der Waals surface area contributed by atoms with Gasteiger partial charge in [-0.1, -0.05) is 69.3 Å². The number of thiazole rings is 1. The quantitative estimate of drug-likeness (QED) is 0.0869. The van der Waals surface area contributed by atoms with Crippen LogP contribution in [0.4, 0.5) is 4.79 Å². The monoisotopic (exact) mass is 878 g/mol. The number of amides is 5. The minimum absolute atomic E-state index is 0.0102. The standard InChI is InChI=1S/C46H66N6O9S/c1-29-40(62-28-49-29)34-18-16-32(17-19-34)24-48-42(56)37-23-35(53)25-52(37)43(57)41(45(3,4)5)51-39(55)27-59-22-10-9-11-31-12-14-33(15-13-31)26-60-30(2)36(20-21-38(47)54)50-44(58)61-46(6,7)8/h12-19,28,30,35-37,41,53H,9-11,20-27H2,1-8H3,(H2,47,54)(H,48,56)(H,50,58)(H,51,55)/t30?,35-,36?,37-,41?/m0/s1. The molecule has 1 aromatic heterocycles. The van der Waals surface area contributed by atoms with Crippen molar-refractivity contribution in [2.75, 3.05) is 19.8 Å². The van der Waals surface area contributed by atoms with E-state index >= 15 is 0 Å². The van der Waals surface area contributed by atoms with Gasteiger partial charge in [0.15, 0.2) is 0 Å². The van der Waals surface area contributed by atoms with Crippen LogP contribution in [0.3, 0.4) is 0 Å². The second-order valence-corrected chi connectivity index (χ2v) is 18.9. The maximum atomic E-state index is 14.0. The molecular weight excluding hydrogens is 813 g/mol. The average molecular weight is 879 g/mol. The Morgan fingerprint density at radius 2 is 1.61 bits per heavy atom. The number of nitrogens with one attached hydrogen (secondary N) is 3. The Balaban J connectivity index is 1.18. The van der Waals surface area contributed by atoms with E-state index in [2.05, 4.69) is 20.9 Å². The van der Waals surface area contributed by atoms with Crippen molar-refractivity contribution in [2.24, 2.45) is 11.1 Å². The number of carbonyl (C=O) groups excluding carboxylic acids is 5. The minimum Gasteiger partial charge on any atom is -0.444 e. The molecule has 1 saturated heterocycles. The maximum absolute atomic E-state index is 14.0. The number of hydrogen-bond acceptors (Lipinski definition) is 11. The summed E-state index contributed by atoms with van der Waals surface area (Å²) in [7, 11) is 0. The van der Waals surface area contributed by atoms with Crippen LogP contribution in [0.2, 0.25) is 0 Å². The molecule has 340 valence electrons. The van der Waals surface area contributed by atoms with Gasteiger partial charge in [0.1, 0.15) is 24.3 Å². The Hall–Kier alpha value is -4.90. The maximum Gasteiger partial charge on any atom is 0.407 e. The summed E-state index contributed by atoms with van der Waals surface area (Å²) >= 11 is 1.57. The van der Waals surface area contributed by atoms with Crippen molar-refractivity contribution in [3.05, 3.63) is 76.4 Å². The fourth-order valence-electron chi connectivity index (χ4n) is 7.01. The van der Waals surface area contributed by atoms with E-state index in [1.807, 2.05) is 88.7 Å². The lowest BCUT2D eigenvalue weighted by atomic mass is 9.85. The molecule has 0 aliphatic carbocycles. The molecule has 0 radical (unpaired) electrons. The fraction of sp³-hybridized carbons (Fsp3) is 0.565. The van der Waals surface area contributed by atoms with Gasteiger partial charge in [0, 0.05) is 32.5 Å². The largest absolute Gasteiger partial charge is 0.444 e. The Bertz CT molecular complexity index is 1940. The number of nitrogens with two attached hydrogens (primary N) is 1. The Morgan fingerprint density at radius 1 is 0.952 bits per heavy atom. The number of primary amides is 1. The van der Waals surface area contributed by atoms with Crippen molar-refractivity contribution in [1.29, 1.82) is 0 Å². The molecule has 16 heteroatoms. The number of alkyl carbamates (subject to hydrolysis) is 1. The third-order valence-corrected chi connectivity index (χ3v) is 11.4. The molecule has 5 amide bonds. The number of aryl methyl sites for hydroxylation is 2. The zero-order valence-electron chi connectivity index (χ0n) is 37.5. The predicted molar refractivity (Wildman–Crippen MR) is 238 cm³/mol. The smallest absolute Gasteiger partial charge is 0.407 e. The lowest BCUT2D eigenvalue weighted by Crippen LogP contribution is -2.58. The van der Waals surface area contributed by atoms with E-state index in [0.29, 0.717) is 26.1 Å². The highest BCUT2D eigenvalue weighted by Crippen LogP contribution is 2.28. The summed E-state index contributed by atoms with van der Waals surface area (Å²) in [6.07, 6.45) is 1.00. The zero-order chi connectivity index (χ0) is 45.6. The van der Waals surface area contributed by atoms with E-state index in [4.69, 9.17) is 19.9 Å². The highest BCUT2D eigenvalue weighted by Gasteiger charge is 2.44. The van der Waals surface area contributed by atoms with Crippen molar-refractivity contribution in [3.63, 3.8) is 0 Å². The third-order valence-electron chi connectivity index (χ3n) is 10.5. The summed E-state index contributed by atoms with van der Waals surface area (Å²) in [5.74, 6) is -1.70. The van der Waals surface area contributed by atoms with Crippen LogP contribution in [0.1, 0.15) is 103 Å². The number of nitrogens with zero attached hydrogens (tertiary/aromatic N) is 2.